The van der Waals surface area contributed by atoms with E-state index in [9.17, 15) is 13.2 Å². The Morgan fingerprint density at radius 2 is 1.82 bits per heavy atom. The maximum atomic E-state index is 12.6. The lowest BCUT2D eigenvalue weighted by molar-refractivity contribution is -0.137. The number of nitrogens with one attached hydrogen (secondary N) is 1. The summed E-state index contributed by atoms with van der Waals surface area (Å²) in [6, 6.07) is 6.95. The molecule has 2 heterocycles. The number of hydrogen-bond donors (Lipinski definition) is 1. The molecule has 9 heteroatoms. The van der Waals surface area contributed by atoms with Crippen LogP contribution in [0.2, 0.25) is 0 Å². The standard InChI is InChI=1S/C13H9F3N4S2/c1-7-17-12(22-20-7)18-9-4-2-8(3-5-9)10-6-21-11(19-10)13(14,15)16/h2-6H,1H3,(H,17,18,20). The highest BCUT2D eigenvalue weighted by molar-refractivity contribution is 7.10. The molecule has 114 valence electrons. The van der Waals surface area contributed by atoms with E-state index in [-0.39, 0.29) is 0 Å². The number of halogens is 3. The fourth-order valence-electron chi connectivity index (χ4n) is 1.73. The molecule has 0 radical (unpaired) electrons. The Morgan fingerprint density at radius 3 is 2.36 bits per heavy atom. The molecule has 0 bridgehead atoms. The van der Waals surface area contributed by atoms with Crippen LogP contribution in [0.5, 0.6) is 0 Å². The van der Waals surface area contributed by atoms with Gasteiger partial charge >= 0.3 is 6.18 Å². The van der Waals surface area contributed by atoms with Gasteiger partial charge in [-0.2, -0.15) is 17.5 Å². The molecule has 0 amide bonds. The molecule has 2 aromatic heterocycles. The van der Waals surface area contributed by atoms with Gasteiger partial charge in [-0.1, -0.05) is 12.1 Å². The first-order valence-corrected chi connectivity index (χ1v) is 7.77. The van der Waals surface area contributed by atoms with E-state index in [4.69, 9.17) is 0 Å². The van der Waals surface area contributed by atoms with Crippen LogP contribution >= 0.6 is 22.9 Å². The minimum atomic E-state index is -4.40. The third kappa shape index (κ3) is 3.25. The van der Waals surface area contributed by atoms with Crippen molar-refractivity contribution < 1.29 is 13.2 Å². The van der Waals surface area contributed by atoms with Gasteiger partial charge in [0.1, 0.15) is 5.82 Å². The van der Waals surface area contributed by atoms with Crippen LogP contribution in [0.15, 0.2) is 29.6 Å². The molecule has 1 N–H and O–H groups in total. The lowest BCUT2D eigenvalue weighted by Gasteiger charge is -2.03. The minimum absolute atomic E-state index is 0.315. The summed E-state index contributed by atoms with van der Waals surface area (Å²) in [5.74, 6) is 0.686. The molecule has 4 nitrogen and oxygen atoms in total. The van der Waals surface area contributed by atoms with Crippen LogP contribution in [-0.2, 0) is 6.18 Å². The van der Waals surface area contributed by atoms with E-state index in [0.717, 1.165) is 5.69 Å². The van der Waals surface area contributed by atoms with Gasteiger partial charge in [0.15, 0.2) is 5.01 Å². The largest absolute Gasteiger partial charge is 0.443 e. The molecule has 0 aliphatic carbocycles. The van der Waals surface area contributed by atoms with Crippen molar-refractivity contribution in [1.82, 2.24) is 14.3 Å². The lowest BCUT2D eigenvalue weighted by atomic mass is 10.1. The number of rotatable bonds is 3. The number of aryl methyl sites for hydroxylation is 1. The molecule has 0 aliphatic heterocycles. The number of alkyl halides is 3. The lowest BCUT2D eigenvalue weighted by Crippen LogP contribution is -2.03. The van der Waals surface area contributed by atoms with E-state index in [1.54, 1.807) is 31.2 Å². The Bertz CT molecular complexity index is 777. The monoisotopic (exact) mass is 342 g/mol. The van der Waals surface area contributed by atoms with Crippen molar-refractivity contribution >= 4 is 33.7 Å². The van der Waals surface area contributed by atoms with E-state index in [1.165, 1.54) is 16.9 Å². The summed E-state index contributed by atoms with van der Waals surface area (Å²) >= 11 is 1.84. The van der Waals surface area contributed by atoms with Crippen molar-refractivity contribution in [3.8, 4) is 11.3 Å². The maximum absolute atomic E-state index is 12.6. The Balaban J connectivity index is 1.78. The van der Waals surface area contributed by atoms with E-state index in [0.29, 0.717) is 33.6 Å². The van der Waals surface area contributed by atoms with Gasteiger partial charge in [-0.05, 0) is 19.1 Å². The van der Waals surface area contributed by atoms with Crippen LogP contribution in [0.4, 0.5) is 24.0 Å². The van der Waals surface area contributed by atoms with Gasteiger partial charge < -0.3 is 5.32 Å². The van der Waals surface area contributed by atoms with Crippen molar-refractivity contribution in [2.45, 2.75) is 13.1 Å². The van der Waals surface area contributed by atoms with Crippen LogP contribution in [0.3, 0.4) is 0 Å². The van der Waals surface area contributed by atoms with Crippen molar-refractivity contribution in [2.75, 3.05) is 5.32 Å². The zero-order chi connectivity index (χ0) is 15.7. The first-order valence-electron chi connectivity index (χ1n) is 6.12. The molecule has 0 fully saturated rings. The third-order valence-corrected chi connectivity index (χ3v) is 4.32. The van der Waals surface area contributed by atoms with Gasteiger partial charge in [-0.15, -0.1) is 11.3 Å². The highest BCUT2D eigenvalue weighted by atomic mass is 32.1. The first-order chi connectivity index (χ1) is 10.4. The predicted molar refractivity (Wildman–Crippen MR) is 80.5 cm³/mol. The van der Waals surface area contributed by atoms with E-state index in [1.807, 2.05) is 0 Å². The Morgan fingerprint density at radius 1 is 1.09 bits per heavy atom. The fourth-order valence-corrected chi connectivity index (χ4v) is 3.02. The van der Waals surface area contributed by atoms with Crippen LogP contribution in [0.25, 0.3) is 11.3 Å². The molecule has 22 heavy (non-hydrogen) atoms. The average Bonchev–Trinajstić information content (AvgIpc) is 3.08. The van der Waals surface area contributed by atoms with Crippen molar-refractivity contribution in [1.29, 1.82) is 0 Å². The minimum Gasteiger partial charge on any atom is -0.330 e. The molecule has 0 spiro atoms. The number of thiazole rings is 1. The summed E-state index contributed by atoms with van der Waals surface area (Å²) in [6.45, 7) is 1.80. The van der Waals surface area contributed by atoms with Crippen LogP contribution in [-0.4, -0.2) is 14.3 Å². The second-order valence-electron chi connectivity index (χ2n) is 4.38. The Labute approximate surface area is 131 Å². The molecular weight excluding hydrogens is 333 g/mol. The molecule has 0 saturated heterocycles. The predicted octanol–water partition coefficient (Wildman–Crippen LogP) is 4.73. The molecular formula is C13H9F3N4S2. The van der Waals surface area contributed by atoms with Crippen molar-refractivity contribution in [2.24, 2.45) is 0 Å². The van der Waals surface area contributed by atoms with Crippen LogP contribution in [0.1, 0.15) is 10.8 Å². The number of benzene rings is 1. The normalized spacial score (nSPS) is 11.6. The van der Waals surface area contributed by atoms with Gasteiger partial charge in [0, 0.05) is 28.2 Å². The highest BCUT2D eigenvalue weighted by Gasteiger charge is 2.34. The summed E-state index contributed by atoms with van der Waals surface area (Å²) in [5, 5.41) is 4.31. The number of nitrogens with zero attached hydrogens (tertiary/aromatic N) is 3. The fraction of sp³-hybridized carbons (Fsp3) is 0.154. The second kappa shape index (κ2) is 5.65. The van der Waals surface area contributed by atoms with Gasteiger partial charge in [0.2, 0.25) is 5.13 Å². The van der Waals surface area contributed by atoms with Gasteiger partial charge in [-0.25, -0.2) is 9.97 Å². The van der Waals surface area contributed by atoms with Crippen LogP contribution < -0.4 is 5.32 Å². The van der Waals surface area contributed by atoms with Crippen LogP contribution in [0, 0.1) is 6.92 Å². The smallest absolute Gasteiger partial charge is 0.330 e. The zero-order valence-corrected chi connectivity index (χ0v) is 12.8. The SMILES string of the molecule is Cc1nsc(Nc2ccc(-c3csc(C(F)(F)F)n3)cc2)n1. The van der Waals surface area contributed by atoms with Gasteiger partial charge in [-0.3, -0.25) is 0 Å². The summed E-state index contributed by atoms with van der Waals surface area (Å²) in [5.41, 5.74) is 1.73. The molecule has 3 rings (SSSR count). The molecule has 3 aromatic rings. The molecule has 0 aliphatic rings. The number of aromatic nitrogens is 3. The quantitative estimate of drug-likeness (QED) is 0.747. The molecule has 0 saturated carbocycles. The highest BCUT2D eigenvalue weighted by Crippen LogP contribution is 2.34. The second-order valence-corrected chi connectivity index (χ2v) is 5.99. The van der Waals surface area contributed by atoms with E-state index >= 15 is 0 Å². The van der Waals surface area contributed by atoms with E-state index in [2.05, 4.69) is 19.7 Å². The zero-order valence-electron chi connectivity index (χ0n) is 11.2. The van der Waals surface area contributed by atoms with Gasteiger partial charge in [0.25, 0.3) is 0 Å². The van der Waals surface area contributed by atoms with Crippen molar-refractivity contribution in [3.63, 3.8) is 0 Å². The van der Waals surface area contributed by atoms with E-state index < -0.39 is 11.2 Å². The van der Waals surface area contributed by atoms with Crippen molar-refractivity contribution in [3.05, 3.63) is 40.5 Å². The molecule has 0 unspecified atom stereocenters. The molecule has 1 aromatic carbocycles. The topological polar surface area (TPSA) is 50.7 Å². The molecule has 0 atom stereocenters. The third-order valence-electron chi connectivity index (χ3n) is 2.71. The Hall–Kier alpha value is -2.00. The summed E-state index contributed by atoms with van der Waals surface area (Å²) in [6.07, 6.45) is -4.40. The summed E-state index contributed by atoms with van der Waals surface area (Å²) in [7, 11) is 0. The van der Waals surface area contributed by atoms with Gasteiger partial charge in [0.05, 0.1) is 5.69 Å². The summed E-state index contributed by atoms with van der Waals surface area (Å²) in [4.78, 5) is 7.80. The Kier molecular flexibility index (Phi) is 3.83. The number of anilines is 2. The average molecular weight is 342 g/mol. The summed E-state index contributed by atoms with van der Waals surface area (Å²) < 4.78 is 41.7. The number of hydrogen-bond acceptors (Lipinski definition) is 6. The first kappa shape index (κ1) is 14.9. The maximum Gasteiger partial charge on any atom is 0.443 e.